The maximum absolute atomic E-state index is 11.7. The summed E-state index contributed by atoms with van der Waals surface area (Å²) in [7, 11) is 0. The predicted octanol–water partition coefficient (Wildman–Crippen LogP) is 0.344. The van der Waals surface area contributed by atoms with E-state index in [-0.39, 0.29) is 12.0 Å². The Labute approximate surface area is 72.5 Å². The maximum atomic E-state index is 11.7. The Kier molecular flexibility index (Phi) is 2.42. The molecule has 12 heavy (non-hydrogen) atoms. The van der Waals surface area contributed by atoms with Gasteiger partial charge in [0, 0.05) is 12.5 Å². The second-order valence-electron chi connectivity index (χ2n) is 3.61. The molecule has 0 saturated carbocycles. The van der Waals surface area contributed by atoms with Crippen molar-refractivity contribution < 1.29 is 9.53 Å². The zero-order valence-electron chi connectivity index (χ0n) is 7.21. The number of ketones is 1. The molecule has 0 aromatic carbocycles. The summed E-state index contributed by atoms with van der Waals surface area (Å²) in [5.41, 5.74) is 0. The van der Waals surface area contributed by atoms with Crippen molar-refractivity contribution in [1.29, 1.82) is 0 Å². The van der Waals surface area contributed by atoms with Gasteiger partial charge in [-0.1, -0.05) is 0 Å². The SMILES string of the molecule is O=C(C1CCOC1)C1CCCN1. The minimum atomic E-state index is 0.136. The van der Waals surface area contributed by atoms with Gasteiger partial charge in [0.05, 0.1) is 12.6 Å². The smallest absolute Gasteiger partial charge is 0.155 e. The fourth-order valence-electron chi connectivity index (χ4n) is 1.97. The second kappa shape index (κ2) is 3.54. The molecule has 2 aliphatic heterocycles. The largest absolute Gasteiger partial charge is 0.381 e. The molecule has 0 aromatic heterocycles. The first kappa shape index (κ1) is 8.20. The highest BCUT2D eigenvalue weighted by Gasteiger charge is 2.31. The van der Waals surface area contributed by atoms with E-state index in [0.29, 0.717) is 12.4 Å². The van der Waals surface area contributed by atoms with Gasteiger partial charge in [-0.05, 0) is 25.8 Å². The third-order valence-electron chi connectivity index (χ3n) is 2.74. The summed E-state index contributed by atoms with van der Waals surface area (Å²) in [5, 5.41) is 3.23. The van der Waals surface area contributed by atoms with Crippen LogP contribution in [0.25, 0.3) is 0 Å². The lowest BCUT2D eigenvalue weighted by molar-refractivity contribution is -0.124. The Balaban J connectivity index is 1.89. The fourth-order valence-corrected chi connectivity index (χ4v) is 1.97. The van der Waals surface area contributed by atoms with Crippen molar-refractivity contribution in [3.05, 3.63) is 0 Å². The molecule has 0 spiro atoms. The zero-order valence-corrected chi connectivity index (χ0v) is 7.21. The van der Waals surface area contributed by atoms with Crippen LogP contribution in [0.3, 0.4) is 0 Å². The lowest BCUT2D eigenvalue weighted by atomic mass is 9.97. The molecular formula is C9H15NO2. The van der Waals surface area contributed by atoms with Crippen LogP contribution in [0.15, 0.2) is 0 Å². The number of carbonyl (C=O) groups excluding carboxylic acids is 1. The molecule has 3 nitrogen and oxygen atoms in total. The molecule has 2 atom stereocenters. The molecular weight excluding hydrogens is 154 g/mol. The summed E-state index contributed by atoms with van der Waals surface area (Å²) in [6.07, 6.45) is 3.09. The van der Waals surface area contributed by atoms with Gasteiger partial charge >= 0.3 is 0 Å². The second-order valence-corrected chi connectivity index (χ2v) is 3.61. The Morgan fingerprint density at radius 1 is 1.42 bits per heavy atom. The lowest BCUT2D eigenvalue weighted by Crippen LogP contribution is -2.35. The molecule has 2 saturated heterocycles. The summed E-state index contributed by atoms with van der Waals surface area (Å²) in [6.45, 7) is 2.42. The zero-order chi connectivity index (χ0) is 8.39. The Hall–Kier alpha value is -0.410. The highest BCUT2D eigenvalue weighted by molar-refractivity contribution is 5.86. The molecule has 0 bridgehead atoms. The first-order chi connectivity index (χ1) is 5.88. The van der Waals surface area contributed by atoms with Gasteiger partial charge in [-0.2, -0.15) is 0 Å². The molecule has 2 heterocycles. The number of carbonyl (C=O) groups is 1. The van der Waals surface area contributed by atoms with Crippen LogP contribution in [-0.4, -0.2) is 31.6 Å². The predicted molar refractivity (Wildman–Crippen MR) is 45.0 cm³/mol. The Morgan fingerprint density at radius 2 is 2.33 bits per heavy atom. The highest BCUT2D eigenvalue weighted by atomic mass is 16.5. The van der Waals surface area contributed by atoms with E-state index in [4.69, 9.17) is 4.74 Å². The standard InChI is InChI=1S/C9H15NO2/c11-9(7-3-5-12-6-7)8-2-1-4-10-8/h7-8,10H,1-6H2. The third-order valence-corrected chi connectivity index (χ3v) is 2.74. The average Bonchev–Trinajstić information content (AvgIpc) is 2.77. The number of ether oxygens (including phenoxy) is 1. The summed E-state index contributed by atoms with van der Waals surface area (Å²) < 4.78 is 5.19. The first-order valence-electron chi connectivity index (χ1n) is 4.73. The maximum Gasteiger partial charge on any atom is 0.155 e. The van der Waals surface area contributed by atoms with Crippen LogP contribution in [0.2, 0.25) is 0 Å². The molecule has 1 N–H and O–H groups in total. The van der Waals surface area contributed by atoms with Gasteiger partial charge in [0.15, 0.2) is 5.78 Å². The monoisotopic (exact) mass is 169 g/mol. The molecule has 0 amide bonds. The summed E-state index contributed by atoms with van der Waals surface area (Å²) in [6, 6.07) is 0.136. The number of hydrogen-bond donors (Lipinski definition) is 1. The van der Waals surface area contributed by atoms with Crippen LogP contribution in [0.4, 0.5) is 0 Å². The molecule has 0 radical (unpaired) electrons. The molecule has 3 heteroatoms. The molecule has 0 aromatic rings. The van der Waals surface area contributed by atoms with Crippen LogP contribution in [0, 0.1) is 5.92 Å². The van der Waals surface area contributed by atoms with Crippen LogP contribution in [0.5, 0.6) is 0 Å². The van der Waals surface area contributed by atoms with Crippen molar-refractivity contribution in [2.75, 3.05) is 19.8 Å². The number of rotatable bonds is 2. The lowest BCUT2D eigenvalue weighted by Gasteiger charge is -2.12. The van der Waals surface area contributed by atoms with E-state index in [0.717, 1.165) is 32.4 Å². The van der Waals surface area contributed by atoms with Gasteiger partial charge in [-0.25, -0.2) is 0 Å². The van der Waals surface area contributed by atoms with Gasteiger partial charge in [0.25, 0.3) is 0 Å². The van der Waals surface area contributed by atoms with Gasteiger partial charge in [-0.3, -0.25) is 4.79 Å². The Bertz CT molecular complexity index is 151. The van der Waals surface area contributed by atoms with E-state index in [9.17, 15) is 4.79 Å². The minimum Gasteiger partial charge on any atom is -0.381 e. The summed E-state index contributed by atoms with van der Waals surface area (Å²) >= 11 is 0. The van der Waals surface area contributed by atoms with E-state index in [2.05, 4.69) is 5.32 Å². The molecule has 2 fully saturated rings. The fraction of sp³-hybridized carbons (Fsp3) is 0.889. The third kappa shape index (κ3) is 1.52. The van der Waals surface area contributed by atoms with Crippen molar-refractivity contribution >= 4 is 5.78 Å². The van der Waals surface area contributed by atoms with Crippen LogP contribution < -0.4 is 5.32 Å². The van der Waals surface area contributed by atoms with Crippen LogP contribution in [-0.2, 0) is 9.53 Å². The van der Waals surface area contributed by atoms with E-state index in [1.165, 1.54) is 0 Å². The first-order valence-corrected chi connectivity index (χ1v) is 4.73. The van der Waals surface area contributed by atoms with Gasteiger partial charge in [-0.15, -0.1) is 0 Å². The normalized spacial score (nSPS) is 35.7. The molecule has 2 aliphatic rings. The number of nitrogens with one attached hydrogen (secondary N) is 1. The van der Waals surface area contributed by atoms with Crippen molar-refractivity contribution in [3.63, 3.8) is 0 Å². The van der Waals surface area contributed by atoms with E-state index in [1.807, 2.05) is 0 Å². The van der Waals surface area contributed by atoms with Crippen molar-refractivity contribution in [2.24, 2.45) is 5.92 Å². The van der Waals surface area contributed by atoms with E-state index < -0.39 is 0 Å². The topological polar surface area (TPSA) is 38.3 Å². The molecule has 68 valence electrons. The molecule has 2 unspecified atom stereocenters. The molecule has 2 rings (SSSR count). The van der Waals surface area contributed by atoms with E-state index >= 15 is 0 Å². The van der Waals surface area contributed by atoms with Crippen molar-refractivity contribution in [2.45, 2.75) is 25.3 Å². The van der Waals surface area contributed by atoms with Gasteiger partial charge in [0.2, 0.25) is 0 Å². The van der Waals surface area contributed by atoms with Crippen LogP contribution >= 0.6 is 0 Å². The average molecular weight is 169 g/mol. The van der Waals surface area contributed by atoms with Crippen molar-refractivity contribution in [1.82, 2.24) is 5.32 Å². The minimum absolute atomic E-state index is 0.136. The summed E-state index contributed by atoms with van der Waals surface area (Å²) in [4.78, 5) is 11.7. The summed E-state index contributed by atoms with van der Waals surface area (Å²) in [5.74, 6) is 0.561. The van der Waals surface area contributed by atoms with Crippen LogP contribution in [0.1, 0.15) is 19.3 Å². The number of Topliss-reactive ketones (excluding diaryl/α,β-unsaturated/α-hetero) is 1. The quantitative estimate of drug-likeness (QED) is 0.648. The van der Waals surface area contributed by atoms with E-state index in [1.54, 1.807) is 0 Å². The Morgan fingerprint density at radius 3 is 2.92 bits per heavy atom. The number of hydrogen-bond acceptors (Lipinski definition) is 3. The molecule has 0 aliphatic carbocycles. The van der Waals surface area contributed by atoms with Crippen molar-refractivity contribution in [3.8, 4) is 0 Å². The van der Waals surface area contributed by atoms with Gasteiger partial charge < -0.3 is 10.1 Å². The highest BCUT2D eigenvalue weighted by Crippen LogP contribution is 2.18. The van der Waals surface area contributed by atoms with Gasteiger partial charge in [0.1, 0.15) is 0 Å².